The lowest BCUT2D eigenvalue weighted by Crippen LogP contribution is -2.40. The molecule has 0 unspecified atom stereocenters. The summed E-state index contributed by atoms with van der Waals surface area (Å²) in [5.74, 6) is -0.147. The van der Waals surface area contributed by atoms with Gasteiger partial charge in [0.25, 0.3) is 5.91 Å². The molecule has 7 nitrogen and oxygen atoms in total. The van der Waals surface area contributed by atoms with Crippen molar-refractivity contribution in [3.63, 3.8) is 0 Å². The molecule has 2 aliphatic heterocycles. The second-order valence-electron chi connectivity index (χ2n) is 8.68. The first-order valence-corrected chi connectivity index (χ1v) is 11.5. The van der Waals surface area contributed by atoms with Crippen molar-refractivity contribution in [2.75, 3.05) is 31.1 Å². The average molecular weight is 424 g/mol. The topological polar surface area (TPSA) is 70.5 Å². The third-order valence-electron chi connectivity index (χ3n) is 6.59. The summed E-state index contributed by atoms with van der Waals surface area (Å²) in [5, 5.41) is 3.02. The van der Waals surface area contributed by atoms with Gasteiger partial charge in [0.2, 0.25) is 5.91 Å². The van der Waals surface area contributed by atoms with Crippen molar-refractivity contribution < 1.29 is 9.59 Å². The van der Waals surface area contributed by atoms with Gasteiger partial charge in [-0.25, -0.2) is 4.98 Å². The minimum atomic E-state index is -0.587. The monoisotopic (exact) mass is 423 g/mol. The van der Waals surface area contributed by atoms with Crippen molar-refractivity contribution in [3.05, 3.63) is 48.5 Å². The number of amides is 2. The number of likely N-dealkylation sites (tertiary alicyclic amines) is 1. The third-order valence-corrected chi connectivity index (χ3v) is 6.59. The number of nitrogens with zero attached hydrogens (tertiary/aromatic N) is 4. The fraction of sp³-hybridized carbons (Fsp3) is 0.542. The predicted octanol–water partition coefficient (Wildman–Crippen LogP) is 2.78. The van der Waals surface area contributed by atoms with Gasteiger partial charge in [0.05, 0.1) is 12.7 Å². The number of aromatic nitrogens is 2. The number of hydrogen-bond donors (Lipinski definition) is 1. The summed E-state index contributed by atoms with van der Waals surface area (Å²) in [7, 11) is 0. The molecule has 1 fully saturated rings. The lowest BCUT2D eigenvalue weighted by Gasteiger charge is -2.33. The molecule has 2 aliphatic rings. The summed E-state index contributed by atoms with van der Waals surface area (Å²) in [6.07, 6.45) is 10.8. The van der Waals surface area contributed by atoms with Crippen molar-refractivity contribution in [2.24, 2.45) is 0 Å². The highest BCUT2D eigenvalue weighted by Crippen LogP contribution is 2.30. The van der Waals surface area contributed by atoms with E-state index in [4.69, 9.17) is 0 Å². The number of benzene rings is 1. The van der Waals surface area contributed by atoms with Crippen LogP contribution in [0.3, 0.4) is 0 Å². The standard InChI is InChI=1S/C24H33N5O2/c1-19-7-4-5-13-27(19)14-6-11-26-23(30)17-22(28-16-12-25-18-28)24(31)29-15-10-20-8-2-3-9-21(20)29/h2-3,8-9,12,16,18-19,22H,4-7,10-11,13-15,17H2,1H3,(H,26,30)/t19-,22+/m0/s1. The van der Waals surface area contributed by atoms with Gasteiger partial charge in [0.1, 0.15) is 6.04 Å². The molecule has 0 spiro atoms. The second kappa shape index (κ2) is 10.1. The van der Waals surface area contributed by atoms with Crippen LogP contribution in [0.2, 0.25) is 0 Å². The molecule has 2 atom stereocenters. The lowest BCUT2D eigenvalue weighted by atomic mass is 10.0. The van der Waals surface area contributed by atoms with E-state index in [1.807, 2.05) is 23.1 Å². The van der Waals surface area contributed by atoms with Gasteiger partial charge in [0.15, 0.2) is 0 Å². The minimum absolute atomic E-state index is 0.0553. The molecule has 1 aromatic heterocycles. The zero-order chi connectivity index (χ0) is 21.6. The molecule has 0 bridgehead atoms. The molecule has 1 saturated heterocycles. The maximum Gasteiger partial charge on any atom is 0.250 e. The number of piperidine rings is 1. The first kappa shape index (κ1) is 21.6. The Morgan fingerprint density at radius 2 is 2.10 bits per heavy atom. The molecule has 4 rings (SSSR count). The van der Waals surface area contributed by atoms with Crippen LogP contribution in [0.15, 0.2) is 43.0 Å². The van der Waals surface area contributed by atoms with E-state index in [1.165, 1.54) is 24.8 Å². The molecule has 0 saturated carbocycles. The molecule has 0 radical (unpaired) electrons. The van der Waals surface area contributed by atoms with Crippen LogP contribution in [0.25, 0.3) is 0 Å². The normalized spacial score (nSPS) is 19.8. The highest BCUT2D eigenvalue weighted by molar-refractivity contribution is 6.00. The van der Waals surface area contributed by atoms with Crippen LogP contribution in [-0.4, -0.2) is 58.5 Å². The molecule has 0 aliphatic carbocycles. The van der Waals surface area contributed by atoms with Gasteiger partial charge in [-0.1, -0.05) is 24.6 Å². The highest BCUT2D eigenvalue weighted by atomic mass is 16.2. The zero-order valence-electron chi connectivity index (χ0n) is 18.4. The summed E-state index contributed by atoms with van der Waals surface area (Å²) in [4.78, 5) is 34.5. The van der Waals surface area contributed by atoms with Gasteiger partial charge in [-0.3, -0.25) is 9.59 Å². The van der Waals surface area contributed by atoms with E-state index in [0.29, 0.717) is 19.1 Å². The molecule has 166 valence electrons. The van der Waals surface area contributed by atoms with E-state index in [0.717, 1.165) is 31.6 Å². The van der Waals surface area contributed by atoms with Gasteiger partial charge >= 0.3 is 0 Å². The Hall–Kier alpha value is -2.67. The van der Waals surface area contributed by atoms with E-state index >= 15 is 0 Å². The van der Waals surface area contributed by atoms with E-state index < -0.39 is 6.04 Å². The van der Waals surface area contributed by atoms with E-state index in [-0.39, 0.29) is 18.2 Å². The van der Waals surface area contributed by atoms with Crippen LogP contribution >= 0.6 is 0 Å². The van der Waals surface area contributed by atoms with Crippen LogP contribution in [0, 0.1) is 0 Å². The van der Waals surface area contributed by atoms with Crippen molar-refractivity contribution in [1.82, 2.24) is 19.8 Å². The lowest BCUT2D eigenvalue weighted by molar-refractivity contribution is -0.128. The van der Waals surface area contributed by atoms with Crippen LogP contribution in [0.1, 0.15) is 50.6 Å². The number of rotatable bonds is 8. The Kier molecular flexibility index (Phi) is 7.02. The molecule has 31 heavy (non-hydrogen) atoms. The fourth-order valence-electron chi connectivity index (χ4n) is 4.77. The first-order valence-electron chi connectivity index (χ1n) is 11.5. The number of carbonyl (C=O) groups is 2. The van der Waals surface area contributed by atoms with Gasteiger partial charge in [-0.15, -0.1) is 0 Å². The maximum atomic E-state index is 13.4. The summed E-state index contributed by atoms with van der Waals surface area (Å²) in [6, 6.07) is 8.04. The van der Waals surface area contributed by atoms with E-state index in [1.54, 1.807) is 23.3 Å². The summed E-state index contributed by atoms with van der Waals surface area (Å²) < 4.78 is 1.75. The Balaban J connectivity index is 1.33. The van der Waals surface area contributed by atoms with Crippen LogP contribution < -0.4 is 10.2 Å². The van der Waals surface area contributed by atoms with Gasteiger partial charge in [-0.2, -0.15) is 0 Å². The predicted molar refractivity (Wildman–Crippen MR) is 121 cm³/mol. The second-order valence-corrected chi connectivity index (χ2v) is 8.68. The van der Waals surface area contributed by atoms with Crippen LogP contribution in [0.5, 0.6) is 0 Å². The van der Waals surface area contributed by atoms with Crippen molar-refractivity contribution in [3.8, 4) is 0 Å². The number of anilines is 1. The minimum Gasteiger partial charge on any atom is -0.356 e. The summed E-state index contributed by atoms with van der Waals surface area (Å²) in [6.45, 7) is 5.74. The average Bonchev–Trinajstić information content (AvgIpc) is 3.46. The molecule has 2 aromatic rings. The highest BCUT2D eigenvalue weighted by Gasteiger charge is 2.32. The van der Waals surface area contributed by atoms with Crippen molar-refractivity contribution in [2.45, 2.75) is 57.5 Å². The first-order chi connectivity index (χ1) is 15.1. The third kappa shape index (κ3) is 5.15. The number of carbonyl (C=O) groups excluding carboxylic acids is 2. The van der Waals surface area contributed by atoms with Crippen LogP contribution in [-0.2, 0) is 16.0 Å². The molecule has 3 heterocycles. The Morgan fingerprint density at radius 1 is 1.23 bits per heavy atom. The molecular formula is C24H33N5O2. The zero-order valence-corrected chi connectivity index (χ0v) is 18.4. The van der Waals surface area contributed by atoms with Gasteiger partial charge in [-0.05, 0) is 50.8 Å². The molecule has 1 N–H and O–H groups in total. The van der Waals surface area contributed by atoms with Crippen LogP contribution in [0.4, 0.5) is 5.69 Å². The van der Waals surface area contributed by atoms with E-state index in [2.05, 4.69) is 28.2 Å². The van der Waals surface area contributed by atoms with E-state index in [9.17, 15) is 9.59 Å². The Labute approximate surface area is 184 Å². The van der Waals surface area contributed by atoms with Crippen molar-refractivity contribution >= 4 is 17.5 Å². The molecular weight excluding hydrogens is 390 g/mol. The summed E-state index contributed by atoms with van der Waals surface area (Å²) >= 11 is 0. The molecule has 2 amide bonds. The van der Waals surface area contributed by atoms with Crippen molar-refractivity contribution in [1.29, 1.82) is 0 Å². The molecule has 7 heteroatoms. The van der Waals surface area contributed by atoms with Gasteiger partial charge in [0, 0.05) is 43.8 Å². The Morgan fingerprint density at radius 3 is 2.90 bits per heavy atom. The smallest absolute Gasteiger partial charge is 0.250 e. The number of para-hydroxylation sites is 1. The van der Waals surface area contributed by atoms with Gasteiger partial charge < -0.3 is 19.7 Å². The SMILES string of the molecule is C[C@H]1CCCCN1CCCNC(=O)C[C@H](C(=O)N1CCc2ccccc21)n1ccnc1. The fourth-order valence-corrected chi connectivity index (χ4v) is 4.77. The number of imidazole rings is 1. The Bertz CT molecular complexity index is 882. The molecule has 1 aromatic carbocycles. The largest absolute Gasteiger partial charge is 0.356 e. The number of nitrogens with one attached hydrogen (secondary N) is 1. The number of hydrogen-bond acceptors (Lipinski definition) is 4. The summed E-state index contributed by atoms with van der Waals surface area (Å²) in [5.41, 5.74) is 2.13. The number of fused-ring (bicyclic) bond motifs is 1. The maximum absolute atomic E-state index is 13.4. The quantitative estimate of drug-likeness (QED) is 0.663.